The Morgan fingerprint density at radius 3 is 2.64 bits per heavy atom. The lowest BCUT2D eigenvalue weighted by molar-refractivity contribution is 0.0403. The highest BCUT2D eigenvalue weighted by molar-refractivity contribution is 5.39. The molecular weight excluding hydrogens is 280 g/mol. The predicted octanol–water partition coefficient (Wildman–Crippen LogP) is 1.46. The number of hydrogen-bond donors (Lipinski definition) is 1. The van der Waals surface area contributed by atoms with Gasteiger partial charge in [-0.2, -0.15) is 0 Å². The summed E-state index contributed by atoms with van der Waals surface area (Å²) in [5.41, 5.74) is 0. The molecule has 0 aliphatic carbocycles. The number of piperazine rings is 1. The second kappa shape index (κ2) is 8.36. The first-order valence-corrected chi connectivity index (χ1v) is 8.00. The third-order valence-corrected chi connectivity index (χ3v) is 4.08. The molecule has 1 saturated heterocycles. The zero-order valence-corrected chi connectivity index (χ0v) is 13.9. The molecule has 1 aromatic carbocycles. The third-order valence-electron chi connectivity index (χ3n) is 4.08. The summed E-state index contributed by atoms with van der Waals surface area (Å²) in [6.45, 7) is 9.42. The number of aliphatic hydroxyl groups is 1. The van der Waals surface area contributed by atoms with Crippen LogP contribution in [-0.2, 0) is 0 Å². The number of ether oxygens (including phenoxy) is 2. The minimum absolute atomic E-state index is 0.261. The van der Waals surface area contributed by atoms with Crippen molar-refractivity contribution < 1.29 is 14.6 Å². The zero-order chi connectivity index (χ0) is 15.9. The fourth-order valence-corrected chi connectivity index (χ4v) is 2.91. The summed E-state index contributed by atoms with van der Waals surface area (Å²) in [6, 6.07) is 8.20. The van der Waals surface area contributed by atoms with Gasteiger partial charge in [-0.25, -0.2) is 0 Å². The van der Waals surface area contributed by atoms with Gasteiger partial charge in [-0.3, -0.25) is 9.80 Å². The molecule has 1 fully saturated rings. The van der Waals surface area contributed by atoms with E-state index in [0.717, 1.165) is 44.2 Å². The second-order valence-electron chi connectivity index (χ2n) is 5.99. The maximum Gasteiger partial charge on any atom is 0.161 e. The van der Waals surface area contributed by atoms with Crippen LogP contribution in [0, 0.1) is 0 Å². The van der Waals surface area contributed by atoms with Gasteiger partial charge in [0.2, 0.25) is 0 Å². The van der Waals surface area contributed by atoms with Crippen molar-refractivity contribution in [1.29, 1.82) is 0 Å². The smallest absolute Gasteiger partial charge is 0.161 e. The molecule has 124 valence electrons. The van der Waals surface area contributed by atoms with Crippen LogP contribution >= 0.6 is 0 Å². The van der Waals surface area contributed by atoms with Gasteiger partial charge >= 0.3 is 0 Å². The molecule has 2 rings (SSSR count). The van der Waals surface area contributed by atoms with Gasteiger partial charge in [0.05, 0.1) is 13.2 Å². The number of β-amino-alcohol motifs (C(OH)–C–C–N with tert-alkyl or cyclic N) is 1. The number of benzene rings is 1. The number of methoxy groups -OCH3 is 1. The lowest BCUT2D eigenvalue weighted by Crippen LogP contribution is -2.54. The van der Waals surface area contributed by atoms with Crippen molar-refractivity contribution in [3.63, 3.8) is 0 Å². The van der Waals surface area contributed by atoms with Crippen LogP contribution in [0.4, 0.5) is 0 Å². The van der Waals surface area contributed by atoms with Crippen LogP contribution in [0.1, 0.15) is 13.8 Å². The van der Waals surface area contributed by atoms with Crippen molar-refractivity contribution in [1.82, 2.24) is 9.80 Å². The topological polar surface area (TPSA) is 45.2 Å². The molecule has 5 heteroatoms. The van der Waals surface area contributed by atoms with Gasteiger partial charge in [0.25, 0.3) is 0 Å². The molecule has 5 nitrogen and oxygen atoms in total. The van der Waals surface area contributed by atoms with Gasteiger partial charge in [-0.05, 0) is 26.0 Å². The SMILES string of the molecule is COc1ccccc1OCCN1CCN(C[C@H](C)O)[C@H](C)C1. The van der Waals surface area contributed by atoms with Crippen molar-refractivity contribution in [2.24, 2.45) is 0 Å². The van der Waals surface area contributed by atoms with Crippen molar-refractivity contribution in [3.8, 4) is 11.5 Å². The Morgan fingerprint density at radius 2 is 2.00 bits per heavy atom. The number of nitrogens with zero attached hydrogens (tertiary/aromatic N) is 2. The molecule has 1 heterocycles. The van der Waals surface area contributed by atoms with Crippen molar-refractivity contribution in [2.75, 3.05) is 46.4 Å². The van der Waals surface area contributed by atoms with Crippen LogP contribution in [-0.4, -0.2) is 73.5 Å². The summed E-state index contributed by atoms with van der Waals surface area (Å²) >= 11 is 0. The van der Waals surface area contributed by atoms with E-state index >= 15 is 0 Å². The highest BCUT2D eigenvalue weighted by Gasteiger charge is 2.24. The van der Waals surface area contributed by atoms with Gasteiger partial charge in [0.15, 0.2) is 11.5 Å². The molecule has 0 saturated carbocycles. The van der Waals surface area contributed by atoms with Gasteiger partial charge in [-0.15, -0.1) is 0 Å². The van der Waals surface area contributed by atoms with E-state index < -0.39 is 0 Å². The number of aliphatic hydroxyl groups excluding tert-OH is 1. The Kier molecular flexibility index (Phi) is 6.49. The lowest BCUT2D eigenvalue weighted by atomic mass is 10.1. The molecule has 1 aliphatic rings. The van der Waals surface area contributed by atoms with Crippen LogP contribution < -0.4 is 9.47 Å². The first kappa shape index (κ1) is 17.1. The maximum atomic E-state index is 9.52. The monoisotopic (exact) mass is 308 g/mol. The van der Waals surface area contributed by atoms with Crippen LogP contribution in [0.5, 0.6) is 11.5 Å². The molecule has 1 aliphatic heterocycles. The van der Waals surface area contributed by atoms with E-state index in [1.807, 2.05) is 31.2 Å². The summed E-state index contributed by atoms with van der Waals surface area (Å²) in [4.78, 5) is 4.76. The Balaban J connectivity index is 1.74. The Labute approximate surface area is 133 Å². The lowest BCUT2D eigenvalue weighted by Gasteiger charge is -2.40. The summed E-state index contributed by atoms with van der Waals surface area (Å²) in [5, 5.41) is 9.52. The summed E-state index contributed by atoms with van der Waals surface area (Å²) in [6.07, 6.45) is -0.261. The van der Waals surface area contributed by atoms with E-state index in [0.29, 0.717) is 12.6 Å². The molecule has 0 unspecified atom stereocenters. The Hall–Kier alpha value is -1.30. The number of rotatable bonds is 7. The predicted molar refractivity (Wildman–Crippen MR) is 87.6 cm³/mol. The Morgan fingerprint density at radius 1 is 1.27 bits per heavy atom. The normalized spacial score (nSPS) is 21.5. The van der Waals surface area contributed by atoms with E-state index in [2.05, 4.69) is 16.7 Å². The van der Waals surface area contributed by atoms with Gasteiger partial charge in [-0.1, -0.05) is 12.1 Å². The highest BCUT2D eigenvalue weighted by atomic mass is 16.5. The largest absolute Gasteiger partial charge is 0.493 e. The van der Waals surface area contributed by atoms with E-state index in [1.54, 1.807) is 7.11 Å². The van der Waals surface area contributed by atoms with Crippen LogP contribution in [0.2, 0.25) is 0 Å². The fourth-order valence-electron chi connectivity index (χ4n) is 2.91. The third kappa shape index (κ3) is 4.87. The summed E-state index contributed by atoms with van der Waals surface area (Å²) < 4.78 is 11.1. The molecule has 0 amide bonds. The first-order valence-electron chi connectivity index (χ1n) is 8.00. The molecule has 1 aromatic rings. The van der Waals surface area contributed by atoms with E-state index in [9.17, 15) is 5.11 Å². The molecule has 1 N–H and O–H groups in total. The number of hydrogen-bond acceptors (Lipinski definition) is 5. The fraction of sp³-hybridized carbons (Fsp3) is 0.647. The minimum Gasteiger partial charge on any atom is -0.493 e. The molecular formula is C17H28N2O3. The van der Waals surface area contributed by atoms with Crippen molar-refractivity contribution in [2.45, 2.75) is 26.0 Å². The summed E-state index contributed by atoms with van der Waals surface area (Å²) in [5.74, 6) is 1.57. The quantitative estimate of drug-likeness (QED) is 0.826. The van der Waals surface area contributed by atoms with Gasteiger partial charge in [0, 0.05) is 38.8 Å². The van der Waals surface area contributed by atoms with E-state index in [-0.39, 0.29) is 6.10 Å². The Bertz CT molecular complexity index is 453. The zero-order valence-electron chi connectivity index (χ0n) is 13.9. The molecule has 2 atom stereocenters. The van der Waals surface area contributed by atoms with Crippen LogP contribution in [0.15, 0.2) is 24.3 Å². The standard InChI is InChI=1S/C17H28N2O3/c1-14-12-18(8-9-19(14)13-15(2)20)10-11-22-17-7-5-4-6-16(17)21-3/h4-7,14-15,20H,8-13H2,1-3H3/t14-,15+/m1/s1. The second-order valence-corrected chi connectivity index (χ2v) is 5.99. The molecule has 0 bridgehead atoms. The van der Waals surface area contributed by atoms with Crippen molar-refractivity contribution in [3.05, 3.63) is 24.3 Å². The number of para-hydroxylation sites is 2. The molecule has 0 aromatic heterocycles. The van der Waals surface area contributed by atoms with Crippen LogP contribution in [0.3, 0.4) is 0 Å². The average Bonchev–Trinajstić information content (AvgIpc) is 2.50. The average molecular weight is 308 g/mol. The van der Waals surface area contributed by atoms with Gasteiger partial charge in [0.1, 0.15) is 6.61 Å². The van der Waals surface area contributed by atoms with Crippen LogP contribution in [0.25, 0.3) is 0 Å². The first-order chi connectivity index (χ1) is 10.6. The minimum atomic E-state index is -0.261. The van der Waals surface area contributed by atoms with E-state index in [1.165, 1.54) is 0 Å². The molecule has 0 spiro atoms. The highest BCUT2D eigenvalue weighted by Crippen LogP contribution is 2.25. The molecule has 22 heavy (non-hydrogen) atoms. The molecule has 0 radical (unpaired) electrons. The summed E-state index contributed by atoms with van der Waals surface area (Å²) in [7, 11) is 1.66. The van der Waals surface area contributed by atoms with Gasteiger partial charge < -0.3 is 14.6 Å². The van der Waals surface area contributed by atoms with E-state index in [4.69, 9.17) is 9.47 Å². The maximum absolute atomic E-state index is 9.52. The van der Waals surface area contributed by atoms with Crippen molar-refractivity contribution >= 4 is 0 Å².